The van der Waals surface area contributed by atoms with Crippen LogP contribution in [0.25, 0.3) is 10.9 Å². The fourth-order valence-corrected chi connectivity index (χ4v) is 2.98. The molecule has 0 saturated heterocycles. The fraction of sp³-hybridized carbons (Fsp3) is 0.333. The first kappa shape index (κ1) is 11.7. The Morgan fingerprint density at radius 1 is 1.39 bits per heavy atom. The minimum atomic E-state index is -3.91. The van der Waals surface area contributed by atoms with Crippen LogP contribution in [-0.4, -0.2) is 13.0 Å². The van der Waals surface area contributed by atoms with E-state index >= 15 is 0 Å². The molecule has 0 atom stereocenters. The van der Waals surface area contributed by atoms with Crippen LogP contribution in [0.4, 0.5) is 4.39 Å². The summed E-state index contributed by atoms with van der Waals surface area (Å²) < 4.78 is 38.6. The second-order valence-electron chi connectivity index (χ2n) is 4.77. The zero-order chi connectivity index (χ0) is 12.9. The molecule has 1 aliphatic rings. The molecule has 3 rings (SSSR count). The van der Waals surface area contributed by atoms with Gasteiger partial charge in [-0.05, 0) is 30.9 Å². The topological polar surface area (TPSA) is 65.1 Å². The Kier molecular flexibility index (Phi) is 2.46. The molecule has 0 aliphatic heterocycles. The van der Waals surface area contributed by atoms with E-state index in [1.807, 2.05) is 0 Å². The first-order valence-corrected chi connectivity index (χ1v) is 7.31. The van der Waals surface area contributed by atoms with Crippen LogP contribution in [0.5, 0.6) is 0 Å². The number of primary sulfonamides is 1. The Hall–Kier alpha value is -1.40. The third-order valence-corrected chi connectivity index (χ3v) is 4.20. The first-order valence-electron chi connectivity index (χ1n) is 5.77. The lowest BCUT2D eigenvalue weighted by Crippen LogP contribution is -2.12. The molecule has 0 unspecified atom stereocenters. The summed E-state index contributed by atoms with van der Waals surface area (Å²) in [6.45, 7) is 0.718. The lowest BCUT2D eigenvalue weighted by molar-refractivity contribution is 0.595. The number of sulfonamides is 1. The predicted molar refractivity (Wildman–Crippen MR) is 66.0 cm³/mol. The standard InChI is InChI=1S/C12H13FN2O2S/c13-9-2-1-3-10-12(9)11(18(14,16)17)7-15(10)6-8-4-5-8/h1-3,7-8H,4-6H2,(H2,14,16,17). The molecule has 2 N–H and O–H groups in total. The van der Waals surface area contributed by atoms with Crippen molar-refractivity contribution in [1.29, 1.82) is 0 Å². The third kappa shape index (κ3) is 1.91. The van der Waals surface area contributed by atoms with E-state index in [-0.39, 0.29) is 10.3 Å². The molecule has 1 heterocycles. The van der Waals surface area contributed by atoms with E-state index in [0.29, 0.717) is 11.4 Å². The monoisotopic (exact) mass is 268 g/mol. The van der Waals surface area contributed by atoms with Gasteiger partial charge in [-0.15, -0.1) is 0 Å². The molecule has 0 amide bonds. The second-order valence-corrected chi connectivity index (χ2v) is 6.30. The lowest BCUT2D eigenvalue weighted by atomic mass is 10.2. The number of fused-ring (bicyclic) bond motifs is 1. The summed E-state index contributed by atoms with van der Waals surface area (Å²) in [5, 5.41) is 5.24. The van der Waals surface area contributed by atoms with Gasteiger partial charge in [-0.3, -0.25) is 0 Å². The first-order chi connectivity index (χ1) is 8.47. The highest BCUT2D eigenvalue weighted by molar-refractivity contribution is 7.89. The van der Waals surface area contributed by atoms with Gasteiger partial charge in [-0.2, -0.15) is 0 Å². The Morgan fingerprint density at radius 2 is 2.11 bits per heavy atom. The Labute approximate surface area is 104 Å². The summed E-state index contributed by atoms with van der Waals surface area (Å²) in [7, 11) is -3.91. The van der Waals surface area contributed by atoms with E-state index < -0.39 is 15.8 Å². The summed E-state index contributed by atoms with van der Waals surface area (Å²) in [6, 6.07) is 4.54. The quantitative estimate of drug-likeness (QED) is 0.923. The van der Waals surface area contributed by atoms with Crippen molar-refractivity contribution >= 4 is 20.9 Å². The van der Waals surface area contributed by atoms with Crippen molar-refractivity contribution in [3.63, 3.8) is 0 Å². The summed E-state index contributed by atoms with van der Waals surface area (Å²) >= 11 is 0. The molecule has 2 aromatic rings. The lowest BCUT2D eigenvalue weighted by Gasteiger charge is -2.02. The van der Waals surface area contributed by atoms with Crippen molar-refractivity contribution in [2.75, 3.05) is 0 Å². The van der Waals surface area contributed by atoms with Gasteiger partial charge in [-0.25, -0.2) is 17.9 Å². The van der Waals surface area contributed by atoms with Gasteiger partial charge in [0.25, 0.3) is 0 Å². The average molecular weight is 268 g/mol. The summed E-state index contributed by atoms with van der Waals surface area (Å²) in [5.74, 6) is 0.0169. The van der Waals surface area contributed by atoms with Crippen LogP contribution in [0.2, 0.25) is 0 Å². The molecule has 1 fully saturated rings. The maximum atomic E-state index is 13.8. The van der Waals surface area contributed by atoms with E-state index in [1.54, 1.807) is 16.7 Å². The molecule has 0 bridgehead atoms. The maximum Gasteiger partial charge on any atom is 0.240 e. The summed E-state index contributed by atoms with van der Waals surface area (Å²) in [6.07, 6.45) is 3.72. The van der Waals surface area contributed by atoms with Crippen LogP contribution >= 0.6 is 0 Å². The van der Waals surface area contributed by atoms with Crippen LogP contribution in [-0.2, 0) is 16.6 Å². The van der Waals surface area contributed by atoms with Crippen LogP contribution in [0.15, 0.2) is 29.3 Å². The predicted octanol–water partition coefficient (Wildman–Crippen LogP) is 1.84. The summed E-state index contributed by atoms with van der Waals surface area (Å²) in [4.78, 5) is -0.128. The van der Waals surface area contributed by atoms with Crippen LogP contribution in [0, 0.1) is 11.7 Å². The van der Waals surface area contributed by atoms with Crippen molar-refractivity contribution in [2.24, 2.45) is 11.1 Å². The molecule has 0 radical (unpaired) electrons. The van der Waals surface area contributed by atoms with Crippen molar-refractivity contribution in [3.8, 4) is 0 Å². The van der Waals surface area contributed by atoms with Gasteiger partial charge < -0.3 is 4.57 Å². The van der Waals surface area contributed by atoms with Gasteiger partial charge in [0.05, 0.1) is 10.9 Å². The van der Waals surface area contributed by atoms with E-state index in [1.165, 1.54) is 12.3 Å². The smallest absolute Gasteiger partial charge is 0.240 e. The van der Waals surface area contributed by atoms with Gasteiger partial charge in [0.2, 0.25) is 10.0 Å². The van der Waals surface area contributed by atoms with E-state index in [0.717, 1.165) is 19.4 Å². The van der Waals surface area contributed by atoms with Crippen LogP contribution < -0.4 is 5.14 Å². The Bertz CT molecular complexity index is 717. The van der Waals surface area contributed by atoms with Gasteiger partial charge in [0.15, 0.2) is 0 Å². The maximum absolute atomic E-state index is 13.8. The molecule has 1 aromatic heterocycles. The highest BCUT2D eigenvalue weighted by Gasteiger charge is 2.25. The molecule has 96 valence electrons. The van der Waals surface area contributed by atoms with Crippen molar-refractivity contribution < 1.29 is 12.8 Å². The number of nitrogens with two attached hydrogens (primary N) is 1. The van der Waals surface area contributed by atoms with Crippen molar-refractivity contribution in [3.05, 3.63) is 30.2 Å². The number of halogens is 1. The molecule has 18 heavy (non-hydrogen) atoms. The SMILES string of the molecule is NS(=O)(=O)c1cn(CC2CC2)c2cccc(F)c12. The molecule has 1 aromatic carbocycles. The van der Waals surface area contributed by atoms with E-state index in [4.69, 9.17) is 5.14 Å². The highest BCUT2D eigenvalue weighted by atomic mass is 32.2. The number of nitrogens with zero attached hydrogens (tertiary/aromatic N) is 1. The van der Waals surface area contributed by atoms with Gasteiger partial charge in [-0.1, -0.05) is 6.07 Å². The minimum Gasteiger partial charge on any atom is -0.346 e. The van der Waals surface area contributed by atoms with E-state index in [2.05, 4.69) is 0 Å². The normalized spacial score (nSPS) is 16.3. The number of hydrogen-bond donors (Lipinski definition) is 1. The molecular formula is C12H13FN2O2S. The van der Waals surface area contributed by atoms with Crippen molar-refractivity contribution in [2.45, 2.75) is 24.3 Å². The van der Waals surface area contributed by atoms with Gasteiger partial charge in [0, 0.05) is 12.7 Å². The number of rotatable bonds is 3. The second kappa shape index (κ2) is 3.80. The molecule has 6 heteroatoms. The largest absolute Gasteiger partial charge is 0.346 e. The summed E-state index contributed by atoms with van der Waals surface area (Å²) in [5.41, 5.74) is 0.589. The third-order valence-electron chi connectivity index (χ3n) is 3.28. The Morgan fingerprint density at radius 3 is 2.72 bits per heavy atom. The molecule has 1 saturated carbocycles. The molecule has 0 spiro atoms. The molecular weight excluding hydrogens is 255 g/mol. The number of hydrogen-bond acceptors (Lipinski definition) is 2. The van der Waals surface area contributed by atoms with E-state index in [9.17, 15) is 12.8 Å². The zero-order valence-corrected chi connectivity index (χ0v) is 10.5. The number of benzene rings is 1. The Balaban J connectivity index is 2.28. The average Bonchev–Trinajstić information content (AvgIpc) is 2.99. The van der Waals surface area contributed by atoms with Crippen LogP contribution in [0.3, 0.4) is 0 Å². The van der Waals surface area contributed by atoms with Gasteiger partial charge >= 0.3 is 0 Å². The number of aromatic nitrogens is 1. The molecule has 1 aliphatic carbocycles. The fourth-order valence-electron chi connectivity index (χ4n) is 2.22. The highest BCUT2D eigenvalue weighted by Crippen LogP contribution is 2.34. The van der Waals surface area contributed by atoms with Crippen molar-refractivity contribution in [1.82, 2.24) is 4.57 Å². The zero-order valence-electron chi connectivity index (χ0n) is 9.64. The van der Waals surface area contributed by atoms with Gasteiger partial charge in [0.1, 0.15) is 10.7 Å². The van der Waals surface area contributed by atoms with Crippen LogP contribution in [0.1, 0.15) is 12.8 Å². The minimum absolute atomic E-state index is 0.0978. The molecule has 4 nitrogen and oxygen atoms in total.